The van der Waals surface area contributed by atoms with Gasteiger partial charge in [-0.2, -0.15) is 0 Å². The highest BCUT2D eigenvalue weighted by molar-refractivity contribution is 7.92. The fraction of sp³-hybridized carbons (Fsp3) is 0.400. The highest BCUT2D eigenvalue weighted by Crippen LogP contribution is 2.23. The molecular weight excluding hydrogens is 212 g/mol. The van der Waals surface area contributed by atoms with E-state index in [0.29, 0.717) is 12.2 Å². The van der Waals surface area contributed by atoms with Crippen LogP contribution in [0.2, 0.25) is 0 Å². The first-order valence-electron chi connectivity index (χ1n) is 4.60. The molecule has 15 heavy (non-hydrogen) atoms. The van der Waals surface area contributed by atoms with E-state index in [1.807, 2.05) is 19.1 Å². The standard InChI is InChI=1S/C10H16N2O2S/c1-8-5-4-6-10(9(8)7-11)12(2)15(3,13)14/h4-6H,7,11H2,1-3H3. The Balaban J connectivity index is 3.32. The molecule has 0 aliphatic heterocycles. The predicted molar refractivity (Wildman–Crippen MR) is 62.3 cm³/mol. The molecule has 0 fully saturated rings. The molecule has 0 aliphatic rings. The summed E-state index contributed by atoms with van der Waals surface area (Å²) in [4.78, 5) is 0. The SMILES string of the molecule is Cc1cccc(N(C)S(C)(=O)=O)c1CN. The molecule has 5 heteroatoms. The highest BCUT2D eigenvalue weighted by Gasteiger charge is 2.15. The third kappa shape index (κ3) is 2.49. The molecule has 0 radical (unpaired) electrons. The van der Waals surface area contributed by atoms with Crippen LogP contribution in [0.15, 0.2) is 18.2 Å². The number of hydrogen-bond donors (Lipinski definition) is 1. The van der Waals surface area contributed by atoms with E-state index < -0.39 is 10.0 Å². The van der Waals surface area contributed by atoms with Gasteiger partial charge in [-0.25, -0.2) is 8.42 Å². The second kappa shape index (κ2) is 4.20. The van der Waals surface area contributed by atoms with Crippen molar-refractivity contribution in [2.45, 2.75) is 13.5 Å². The molecule has 1 rings (SSSR count). The van der Waals surface area contributed by atoms with Crippen LogP contribution >= 0.6 is 0 Å². The lowest BCUT2D eigenvalue weighted by molar-refractivity contribution is 0.600. The normalized spacial score (nSPS) is 11.5. The molecule has 0 bridgehead atoms. The lowest BCUT2D eigenvalue weighted by atomic mass is 10.1. The van der Waals surface area contributed by atoms with E-state index in [9.17, 15) is 8.42 Å². The fourth-order valence-corrected chi connectivity index (χ4v) is 1.95. The van der Waals surface area contributed by atoms with Crippen molar-refractivity contribution in [2.75, 3.05) is 17.6 Å². The van der Waals surface area contributed by atoms with Gasteiger partial charge >= 0.3 is 0 Å². The first-order valence-corrected chi connectivity index (χ1v) is 6.45. The summed E-state index contributed by atoms with van der Waals surface area (Å²) >= 11 is 0. The number of benzene rings is 1. The summed E-state index contributed by atoms with van der Waals surface area (Å²) in [5, 5.41) is 0. The molecule has 0 spiro atoms. The van der Waals surface area contributed by atoms with Crippen molar-refractivity contribution in [2.24, 2.45) is 5.73 Å². The molecule has 1 aromatic carbocycles. The van der Waals surface area contributed by atoms with Gasteiger partial charge in [-0.3, -0.25) is 4.31 Å². The Morgan fingerprint density at radius 2 is 2.00 bits per heavy atom. The average molecular weight is 228 g/mol. The van der Waals surface area contributed by atoms with Gasteiger partial charge in [-0.1, -0.05) is 12.1 Å². The molecular formula is C10H16N2O2S. The largest absolute Gasteiger partial charge is 0.326 e. The molecule has 0 unspecified atom stereocenters. The summed E-state index contributed by atoms with van der Waals surface area (Å²) in [6.45, 7) is 2.25. The Morgan fingerprint density at radius 1 is 1.40 bits per heavy atom. The predicted octanol–water partition coefficient (Wildman–Crippen LogP) is 0.850. The van der Waals surface area contributed by atoms with E-state index >= 15 is 0 Å². The minimum atomic E-state index is -3.23. The lowest BCUT2D eigenvalue weighted by Crippen LogP contribution is -2.26. The number of hydrogen-bond acceptors (Lipinski definition) is 3. The average Bonchev–Trinajstić information content (AvgIpc) is 2.14. The maximum Gasteiger partial charge on any atom is 0.232 e. The monoisotopic (exact) mass is 228 g/mol. The van der Waals surface area contributed by atoms with Gasteiger partial charge in [0.25, 0.3) is 0 Å². The Labute approximate surface area is 90.8 Å². The molecule has 0 atom stereocenters. The Morgan fingerprint density at radius 3 is 2.47 bits per heavy atom. The van der Waals surface area contributed by atoms with E-state index in [1.165, 1.54) is 17.6 Å². The Kier molecular flexibility index (Phi) is 3.36. The molecule has 0 aliphatic carbocycles. The van der Waals surface area contributed by atoms with Gasteiger partial charge in [-0.05, 0) is 24.1 Å². The smallest absolute Gasteiger partial charge is 0.232 e. The maximum absolute atomic E-state index is 11.4. The van der Waals surface area contributed by atoms with Gasteiger partial charge in [-0.15, -0.1) is 0 Å². The van der Waals surface area contributed by atoms with Crippen molar-refractivity contribution < 1.29 is 8.42 Å². The van der Waals surface area contributed by atoms with Gasteiger partial charge < -0.3 is 5.73 Å². The summed E-state index contributed by atoms with van der Waals surface area (Å²) in [6.07, 6.45) is 1.18. The van der Waals surface area contributed by atoms with E-state index in [1.54, 1.807) is 6.07 Å². The molecule has 2 N–H and O–H groups in total. The second-order valence-electron chi connectivity index (χ2n) is 3.51. The topological polar surface area (TPSA) is 63.4 Å². The van der Waals surface area contributed by atoms with Crippen LogP contribution in [-0.2, 0) is 16.6 Å². The van der Waals surface area contributed by atoms with Crippen molar-refractivity contribution in [3.05, 3.63) is 29.3 Å². The van der Waals surface area contributed by atoms with Crippen molar-refractivity contribution in [3.63, 3.8) is 0 Å². The highest BCUT2D eigenvalue weighted by atomic mass is 32.2. The fourth-order valence-electron chi connectivity index (χ4n) is 1.43. The van der Waals surface area contributed by atoms with Crippen LogP contribution in [0, 0.1) is 6.92 Å². The van der Waals surface area contributed by atoms with Crippen molar-refractivity contribution in [1.82, 2.24) is 0 Å². The lowest BCUT2D eigenvalue weighted by Gasteiger charge is -2.20. The quantitative estimate of drug-likeness (QED) is 0.834. The zero-order chi connectivity index (χ0) is 11.6. The number of anilines is 1. The summed E-state index contributed by atoms with van der Waals surface area (Å²) < 4.78 is 24.0. The number of aryl methyl sites for hydroxylation is 1. The first kappa shape index (κ1) is 12.0. The minimum absolute atomic E-state index is 0.335. The first-order chi connectivity index (χ1) is 6.88. The van der Waals surface area contributed by atoms with Gasteiger partial charge in [0.2, 0.25) is 10.0 Å². The molecule has 84 valence electrons. The van der Waals surface area contributed by atoms with E-state index in [4.69, 9.17) is 5.73 Å². The molecule has 1 aromatic rings. The molecule has 0 heterocycles. The second-order valence-corrected chi connectivity index (χ2v) is 5.52. The summed E-state index contributed by atoms with van der Waals surface area (Å²) in [5.41, 5.74) is 8.14. The third-order valence-electron chi connectivity index (χ3n) is 2.43. The molecule has 0 saturated heterocycles. The van der Waals surface area contributed by atoms with Gasteiger partial charge in [0, 0.05) is 13.6 Å². The number of nitrogens with two attached hydrogens (primary N) is 1. The van der Waals surface area contributed by atoms with Gasteiger partial charge in [0.05, 0.1) is 11.9 Å². The van der Waals surface area contributed by atoms with Crippen LogP contribution in [0.25, 0.3) is 0 Å². The molecule has 4 nitrogen and oxygen atoms in total. The van der Waals surface area contributed by atoms with Crippen LogP contribution < -0.4 is 10.0 Å². The van der Waals surface area contributed by atoms with Crippen LogP contribution in [0.3, 0.4) is 0 Å². The van der Waals surface area contributed by atoms with E-state index in [2.05, 4.69) is 0 Å². The molecule has 0 amide bonds. The van der Waals surface area contributed by atoms with Crippen LogP contribution in [0.1, 0.15) is 11.1 Å². The maximum atomic E-state index is 11.4. The number of sulfonamides is 1. The molecule has 0 saturated carbocycles. The van der Waals surface area contributed by atoms with Gasteiger partial charge in [0.1, 0.15) is 0 Å². The van der Waals surface area contributed by atoms with Crippen molar-refractivity contribution >= 4 is 15.7 Å². The van der Waals surface area contributed by atoms with Crippen LogP contribution in [0.5, 0.6) is 0 Å². The number of rotatable bonds is 3. The van der Waals surface area contributed by atoms with E-state index in [-0.39, 0.29) is 0 Å². The summed E-state index contributed by atoms with van der Waals surface area (Å²) in [6, 6.07) is 5.50. The zero-order valence-corrected chi connectivity index (χ0v) is 10.0. The van der Waals surface area contributed by atoms with Crippen LogP contribution in [-0.4, -0.2) is 21.7 Å². The number of nitrogens with zero attached hydrogens (tertiary/aromatic N) is 1. The van der Waals surface area contributed by atoms with E-state index in [0.717, 1.165) is 11.1 Å². The third-order valence-corrected chi connectivity index (χ3v) is 3.62. The summed E-state index contributed by atoms with van der Waals surface area (Å²) in [7, 11) is -1.70. The van der Waals surface area contributed by atoms with Crippen molar-refractivity contribution in [1.29, 1.82) is 0 Å². The minimum Gasteiger partial charge on any atom is -0.326 e. The zero-order valence-electron chi connectivity index (χ0n) is 9.19. The molecule has 0 aromatic heterocycles. The van der Waals surface area contributed by atoms with Gasteiger partial charge in [0.15, 0.2) is 0 Å². The Bertz CT molecular complexity index is 454. The Hall–Kier alpha value is -1.07. The van der Waals surface area contributed by atoms with Crippen LogP contribution in [0.4, 0.5) is 5.69 Å². The summed E-state index contributed by atoms with van der Waals surface area (Å²) in [5.74, 6) is 0. The van der Waals surface area contributed by atoms with Crippen molar-refractivity contribution in [3.8, 4) is 0 Å².